The van der Waals surface area contributed by atoms with E-state index in [2.05, 4.69) is 6.92 Å². The predicted octanol–water partition coefficient (Wildman–Crippen LogP) is 5.60. The zero-order valence-corrected chi connectivity index (χ0v) is 19.4. The van der Waals surface area contributed by atoms with E-state index in [1.807, 2.05) is 6.92 Å². The Balaban J connectivity index is 1.62. The summed E-state index contributed by atoms with van der Waals surface area (Å²) in [6, 6.07) is 0. The first-order valence-electron chi connectivity index (χ1n) is 11.9. The smallest absolute Gasteiger partial charge is 0.318 e. The normalized spacial score (nSPS) is 27.9. The van der Waals surface area contributed by atoms with Gasteiger partial charge in [0.1, 0.15) is 11.7 Å². The molecule has 4 atom stereocenters. The number of hydrogen-bond donors (Lipinski definition) is 0. The van der Waals surface area contributed by atoms with Crippen molar-refractivity contribution >= 4 is 17.5 Å². The maximum atomic E-state index is 13.3. The van der Waals surface area contributed by atoms with E-state index in [1.54, 1.807) is 26.2 Å². The minimum absolute atomic E-state index is 0.122. The summed E-state index contributed by atoms with van der Waals surface area (Å²) in [6.07, 6.45) is 15.3. The Morgan fingerprint density at radius 3 is 2.39 bits per heavy atom. The molecule has 31 heavy (non-hydrogen) atoms. The summed E-state index contributed by atoms with van der Waals surface area (Å²) in [5, 5.41) is 0. The molecule has 0 saturated carbocycles. The van der Waals surface area contributed by atoms with Gasteiger partial charge in [-0.3, -0.25) is 14.4 Å². The number of fused-ring (bicyclic) bond motifs is 3. The molecule has 0 aromatic rings. The zero-order chi connectivity index (χ0) is 22.6. The Morgan fingerprint density at radius 2 is 1.71 bits per heavy atom. The molecule has 5 heteroatoms. The molecule has 170 valence electrons. The van der Waals surface area contributed by atoms with E-state index in [9.17, 15) is 14.4 Å². The monoisotopic (exact) mass is 428 g/mol. The van der Waals surface area contributed by atoms with Crippen LogP contribution in [0.4, 0.5) is 0 Å². The minimum atomic E-state index is -1.34. The molecule has 2 heterocycles. The van der Waals surface area contributed by atoms with Crippen molar-refractivity contribution in [2.24, 2.45) is 17.8 Å². The van der Waals surface area contributed by atoms with Crippen molar-refractivity contribution in [1.29, 1.82) is 0 Å². The lowest BCUT2D eigenvalue weighted by molar-refractivity contribution is -0.156. The number of carbonyl (C=O) groups is 3. The summed E-state index contributed by atoms with van der Waals surface area (Å²) in [6.45, 7) is 7.53. The number of carbonyl (C=O) groups excluding carboxylic acids is 3. The molecule has 0 radical (unpaired) electrons. The van der Waals surface area contributed by atoms with Crippen LogP contribution in [0, 0.1) is 17.8 Å². The van der Waals surface area contributed by atoms with E-state index in [1.165, 1.54) is 44.6 Å². The molecule has 0 aromatic heterocycles. The number of hydrogen-bond acceptors (Lipinski definition) is 5. The van der Waals surface area contributed by atoms with Gasteiger partial charge in [-0.05, 0) is 38.0 Å². The fourth-order valence-electron chi connectivity index (χ4n) is 5.01. The van der Waals surface area contributed by atoms with Gasteiger partial charge in [0.25, 0.3) is 0 Å². The lowest BCUT2D eigenvalue weighted by atomic mass is 9.66. The number of Topliss-reactive ketones (excluding diaryl/α,β-unsaturated/α-hetero) is 1. The van der Waals surface area contributed by atoms with Gasteiger partial charge in [-0.2, -0.15) is 0 Å². The highest BCUT2D eigenvalue weighted by molar-refractivity contribution is 6.10. The molecular formula is C26H36O5. The highest BCUT2D eigenvalue weighted by atomic mass is 16.6. The van der Waals surface area contributed by atoms with Gasteiger partial charge in [0.2, 0.25) is 0 Å². The largest absolute Gasteiger partial charge is 0.469 e. The Labute approximate surface area is 185 Å². The van der Waals surface area contributed by atoms with Crippen LogP contribution in [0.1, 0.15) is 85.5 Å². The number of allylic oxidation sites excluding steroid dienone is 3. The fourth-order valence-corrected chi connectivity index (χ4v) is 5.01. The van der Waals surface area contributed by atoms with Crippen LogP contribution in [0.3, 0.4) is 0 Å². The maximum Gasteiger partial charge on any atom is 0.318 e. The van der Waals surface area contributed by atoms with Crippen LogP contribution in [0.2, 0.25) is 0 Å². The molecule has 1 saturated heterocycles. The van der Waals surface area contributed by atoms with Gasteiger partial charge in [-0.15, -0.1) is 0 Å². The second kappa shape index (κ2) is 9.97. The number of esters is 1. The van der Waals surface area contributed by atoms with Gasteiger partial charge in [0.15, 0.2) is 17.2 Å². The lowest BCUT2D eigenvalue weighted by Gasteiger charge is -2.35. The molecule has 5 nitrogen and oxygen atoms in total. The zero-order valence-electron chi connectivity index (χ0n) is 19.4. The molecule has 3 aliphatic rings. The standard InChI is InChI=1S/C26H36O5/c1-5-6-7-8-9-10-11-12-13-17(2)24(28)22-23-20-16-30-18(3)14-19(20)15-21(27)26(23,4)31-25(22)29/h14-17,22-23H,5-13H2,1-4H3/t17-,22+,23-,26-/m0/s1. The second-order valence-corrected chi connectivity index (χ2v) is 9.46. The first-order valence-corrected chi connectivity index (χ1v) is 11.9. The summed E-state index contributed by atoms with van der Waals surface area (Å²) in [5.74, 6) is -2.14. The number of rotatable bonds is 11. The van der Waals surface area contributed by atoms with Gasteiger partial charge in [-0.1, -0.05) is 65.2 Å². The molecule has 3 rings (SSSR count). The average molecular weight is 429 g/mol. The number of ketones is 2. The Kier molecular flexibility index (Phi) is 7.55. The summed E-state index contributed by atoms with van der Waals surface area (Å²) < 4.78 is 11.1. The van der Waals surface area contributed by atoms with Crippen LogP contribution >= 0.6 is 0 Å². The topological polar surface area (TPSA) is 69.7 Å². The van der Waals surface area contributed by atoms with Crippen molar-refractivity contribution in [3.63, 3.8) is 0 Å². The summed E-state index contributed by atoms with van der Waals surface area (Å²) in [5.41, 5.74) is 0.0761. The lowest BCUT2D eigenvalue weighted by Crippen LogP contribution is -2.47. The fraction of sp³-hybridized carbons (Fsp3) is 0.654. The molecule has 0 unspecified atom stereocenters. The number of ether oxygens (including phenoxy) is 2. The second-order valence-electron chi connectivity index (χ2n) is 9.46. The van der Waals surface area contributed by atoms with Crippen LogP contribution in [0.15, 0.2) is 35.3 Å². The van der Waals surface area contributed by atoms with Gasteiger partial charge in [0.05, 0.1) is 12.2 Å². The quantitative estimate of drug-likeness (QED) is 0.243. The molecule has 0 amide bonds. The van der Waals surface area contributed by atoms with Crippen molar-refractivity contribution < 1.29 is 23.9 Å². The SMILES string of the molecule is CCCCCCCCCC[C@H](C)C(=O)[C@@H]1C(=O)O[C@@]2(C)C(=O)C=C3C=C(C)OC=C3[C@@H]12. The molecule has 1 aliphatic carbocycles. The van der Waals surface area contributed by atoms with E-state index in [0.717, 1.165) is 19.3 Å². The molecule has 0 bridgehead atoms. The van der Waals surface area contributed by atoms with Crippen LogP contribution in [-0.2, 0) is 23.9 Å². The Morgan fingerprint density at radius 1 is 1.06 bits per heavy atom. The first-order chi connectivity index (χ1) is 14.8. The summed E-state index contributed by atoms with van der Waals surface area (Å²) >= 11 is 0. The van der Waals surface area contributed by atoms with Crippen molar-refractivity contribution in [3.8, 4) is 0 Å². The van der Waals surface area contributed by atoms with E-state index in [-0.39, 0.29) is 17.5 Å². The molecule has 0 spiro atoms. The van der Waals surface area contributed by atoms with Crippen LogP contribution in [0.5, 0.6) is 0 Å². The van der Waals surface area contributed by atoms with Crippen LogP contribution in [-0.4, -0.2) is 23.1 Å². The van der Waals surface area contributed by atoms with E-state index in [4.69, 9.17) is 9.47 Å². The maximum absolute atomic E-state index is 13.3. The van der Waals surface area contributed by atoms with Gasteiger partial charge in [0, 0.05) is 11.5 Å². The summed E-state index contributed by atoms with van der Waals surface area (Å²) in [7, 11) is 0. The summed E-state index contributed by atoms with van der Waals surface area (Å²) in [4.78, 5) is 38.9. The van der Waals surface area contributed by atoms with Gasteiger partial charge < -0.3 is 9.47 Å². The van der Waals surface area contributed by atoms with E-state index in [0.29, 0.717) is 16.9 Å². The number of unbranched alkanes of at least 4 members (excludes halogenated alkanes) is 7. The highest BCUT2D eigenvalue weighted by Crippen LogP contribution is 2.50. The molecule has 0 N–H and O–H groups in total. The molecular weight excluding hydrogens is 392 g/mol. The third-order valence-corrected chi connectivity index (χ3v) is 6.95. The Bertz CT molecular complexity index is 818. The molecule has 1 fully saturated rings. The average Bonchev–Trinajstić information content (AvgIpc) is 3.01. The van der Waals surface area contributed by atoms with E-state index < -0.39 is 23.4 Å². The third-order valence-electron chi connectivity index (χ3n) is 6.95. The Hall–Kier alpha value is -2.17. The van der Waals surface area contributed by atoms with Gasteiger partial charge >= 0.3 is 5.97 Å². The predicted molar refractivity (Wildman–Crippen MR) is 119 cm³/mol. The molecule has 0 aromatic carbocycles. The van der Waals surface area contributed by atoms with Crippen molar-refractivity contribution in [2.45, 2.75) is 91.1 Å². The van der Waals surface area contributed by atoms with E-state index >= 15 is 0 Å². The van der Waals surface area contributed by atoms with Crippen molar-refractivity contribution in [1.82, 2.24) is 0 Å². The van der Waals surface area contributed by atoms with Gasteiger partial charge in [-0.25, -0.2) is 0 Å². The van der Waals surface area contributed by atoms with Crippen LogP contribution in [0.25, 0.3) is 0 Å². The third kappa shape index (κ3) is 4.86. The highest BCUT2D eigenvalue weighted by Gasteiger charge is 2.62. The first kappa shape index (κ1) is 23.5. The van der Waals surface area contributed by atoms with Crippen molar-refractivity contribution in [3.05, 3.63) is 35.3 Å². The molecule has 2 aliphatic heterocycles. The van der Waals surface area contributed by atoms with Crippen LogP contribution < -0.4 is 0 Å². The minimum Gasteiger partial charge on any atom is -0.469 e. The van der Waals surface area contributed by atoms with Crippen molar-refractivity contribution in [2.75, 3.05) is 0 Å².